The molecule has 138 valence electrons. The van der Waals surface area contributed by atoms with Crippen molar-refractivity contribution in [2.24, 2.45) is 0 Å². The summed E-state index contributed by atoms with van der Waals surface area (Å²) in [7, 11) is 0. The third kappa shape index (κ3) is 2.64. The maximum Gasteiger partial charge on any atom is 0.182 e. The molecule has 0 amide bonds. The zero-order chi connectivity index (χ0) is 19.1. The van der Waals surface area contributed by atoms with E-state index in [1.807, 2.05) is 23.6 Å². The van der Waals surface area contributed by atoms with Crippen LogP contribution >= 0.6 is 0 Å². The molecule has 0 saturated carbocycles. The van der Waals surface area contributed by atoms with Gasteiger partial charge in [-0.05, 0) is 31.2 Å². The second-order valence-corrected chi connectivity index (χ2v) is 6.34. The lowest BCUT2D eigenvalue weighted by Crippen LogP contribution is -2.14. The highest BCUT2D eigenvalue weighted by Gasteiger charge is 2.20. The molecule has 2 N–H and O–H groups in total. The molecule has 5 rings (SSSR count). The lowest BCUT2D eigenvalue weighted by Gasteiger charge is -2.17. The third-order valence-electron chi connectivity index (χ3n) is 4.51. The van der Waals surface area contributed by atoms with Crippen LogP contribution in [0.5, 0.6) is 0 Å². The predicted molar refractivity (Wildman–Crippen MR) is 103 cm³/mol. The van der Waals surface area contributed by atoms with E-state index in [0.29, 0.717) is 33.8 Å². The number of fused-ring (bicyclic) bond motifs is 2. The van der Waals surface area contributed by atoms with Crippen molar-refractivity contribution in [3.05, 3.63) is 67.0 Å². The average Bonchev–Trinajstić information content (AvgIpc) is 3.33. The number of aromatic amines is 1. The van der Waals surface area contributed by atoms with Crippen LogP contribution in [0.1, 0.15) is 18.8 Å². The van der Waals surface area contributed by atoms with E-state index in [2.05, 4.69) is 30.2 Å². The van der Waals surface area contributed by atoms with E-state index < -0.39 is 0 Å². The number of H-pyrrole nitrogens is 1. The van der Waals surface area contributed by atoms with Gasteiger partial charge in [-0.15, -0.1) is 0 Å². The van der Waals surface area contributed by atoms with Gasteiger partial charge in [-0.1, -0.05) is 0 Å². The quantitative estimate of drug-likeness (QED) is 0.500. The van der Waals surface area contributed by atoms with Gasteiger partial charge in [-0.3, -0.25) is 9.55 Å². The van der Waals surface area contributed by atoms with Gasteiger partial charge in [0.2, 0.25) is 0 Å². The van der Waals surface area contributed by atoms with E-state index in [0.717, 1.165) is 5.69 Å². The van der Waals surface area contributed by atoms with Gasteiger partial charge < -0.3 is 10.3 Å². The van der Waals surface area contributed by atoms with Crippen LogP contribution in [0.4, 0.5) is 10.2 Å². The molecule has 0 unspecified atom stereocenters. The molecule has 0 bridgehead atoms. The number of aromatic nitrogens is 7. The van der Waals surface area contributed by atoms with Crippen LogP contribution in [0, 0.1) is 5.82 Å². The average molecular weight is 374 g/mol. The Labute approximate surface area is 158 Å². The Morgan fingerprint density at radius 2 is 2.11 bits per heavy atom. The minimum atomic E-state index is -0.320. The highest BCUT2D eigenvalue weighted by atomic mass is 19.1. The van der Waals surface area contributed by atoms with Crippen molar-refractivity contribution in [2.45, 2.75) is 13.0 Å². The molecule has 0 fully saturated rings. The lowest BCUT2D eigenvalue weighted by atomic mass is 10.2. The molecule has 0 aliphatic carbocycles. The number of hydrogen-bond acceptors (Lipinski definition) is 6. The number of nitrogens with zero attached hydrogens (tertiary/aromatic N) is 6. The summed E-state index contributed by atoms with van der Waals surface area (Å²) >= 11 is 0. The van der Waals surface area contributed by atoms with Gasteiger partial charge in [0, 0.05) is 12.3 Å². The fourth-order valence-electron chi connectivity index (χ4n) is 3.26. The molecule has 28 heavy (non-hydrogen) atoms. The first-order valence-electron chi connectivity index (χ1n) is 8.69. The molecule has 0 radical (unpaired) electrons. The summed E-state index contributed by atoms with van der Waals surface area (Å²) in [5, 5.41) is 3.35. The minimum Gasteiger partial charge on any atom is -0.358 e. The largest absolute Gasteiger partial charge is 0.358 e. The third-order valence-corrected chi connectivity index (χ3v) is 4.51. The molecule has 4 heterocycles. The zero-order valence-corrected chi connectivity index (χ0v) is 14.8. The maximum atomic E-state index is 13.9. The molecule has 9 heteroatoms. The summed E-state index contributed by atoms with van der Waals surface area (Å²) in [6.07, 6.45) is 6.45. The van der Waals surface area contributed by atoms with Gasteiger partial charge in [0.25, 0.3) is 0 Å². The van der Waals surface area contributed by atoms with Crippen molar-refractivity contribution in [1.82, 2.24) is 34.5 Å². The monoisotopic (exact) mass is 374 g/mol. The van der Waals surface area contributed by atoms with E-state index in [9.17, 15) is 4.39 Å². The van der Waals surface area contributed by atoms with Crippen LogP contribution in [0.2, 0.25) is 0 Å². The molecule has 1 atom stereocenters. The number of halogens is 1. The van der Waals surface area contributed by atoms with Crippen LogP contribution < -0.4 is 5.32 Å². The standard InChI is InChI=1S/C19H15FN8/c1-11(26-18-16-17(23-9-22-16)24-10-25-18)19-27-14-5-4-12(20)7-15(14)28(19)13-3-2-6-21-8-13/h2-11H,1H3,(H2,22,23,24,25,26)/t11-/m1/s1. The molecule has 0 aliphatic rings. The Morgan fingerprint density at radius 3 is 2.96 bits per heavy atom. The lowest BCUT2D eigenvalue weighted by molar-refractivity contribution is 0.629. The van der Waals surface area contributed by atoms with Gasteiger partial charge in [0.15, 0.2) is 11.5 Å². The Bertz CT molecular complexity index is 1280. The molecule has 0 aliphatic heterocycles. The van der Waals surface area contributed by atoms with Gasteiger partial charge >= 0.3 is 0 Å². The van der Waals surface area contributed by atoms with E-state index in [-0.39, 0.29) is 11.9 Å². The SMILES string of the molecule is C[C@@H](Nc1ncnc2nc[nH]c12)c1nc2ccc(F)cc2n1-c1cccnc1. The van der Waals surface area contributed by atoms with Crippen LogP contribution in [0.15, 0.2) is 55.4 Å². The fourth-order valence-corrected chi connectivity index (χ4v) is 3.26. The first-order chi connectivity index (χ1) is 13.7. The molecular formula is C19H15FN8. The van der Waals surface area contributed by atoms with Crippen molar-refractivity contribution in [2.75, 3.05) is 5.32 Å². The van der Waals surface area contributed by atoms with Crippen molar-refractivity contribution in [3.8, 4) is 5.69 Å². The highest BCUT2D eigenvalue weighted by molar-refractivity contribution is 5.82. The van der Waals surface area contributed by atoms with E-state index >= 15 is 0 Å². The Hall–Kier alpha value is -3.88. The smallest absolute Gasteiger partial charge is 0.182 e. The second kappa shape index (κ2) is 6.38. The van der Waals surface area contributed by atoms with Crippen molar-refractivity contribution in [1.29, 1.82) is 0 Å². The molecular weight excluding hydrogens is 359 g/mol. The van der Waals surface area contributed by atoms with Gasteiger partial charge in [0.1, 0.15) is 23.5 Å². The molecule has 0 spiro atoms. The van der Waals surface area contributed by atoms with Gasteiger partial charge in [-0.25, -0.2) is 24.3 Å². The molecule has 1 aromatic carbocycles. The number of imidazole rings is 2. The molecule has 0 saturated heterocycles. The normalized spacial score (nSPS) is 12.5. The van der Waals surface area contributed by atoms with E-state index in [1.165, 1.54) is 18.5 Å². The van der Waals surface area contributed by atoms with Gasteiger partial charge in [-0.2, -0.15) is 0 Å². The summed E-state index contributed by atoms with van der Waals surface area (Å²) in [5.74, 6) is 1.01. The van der Waals surface area contributed by atoms with E-state index in [1.54, 1.807) is 24.8 Å². The van der Waals surface area contributed by atoms with Crippen LogP contribution in [0.25, 0.3) is 27.9 Å². The van der Waals surface area contributed by atoms with E-state index in [4.69, 9.17) is 4.98 Å². The number of nitrogens with one attached hydrogen (secondary N) is 2. The summed E-state index contributed by atoms with van der Waals surface area (Å²) in [5.41, 5.74) is 3.46. The van der Waals surface area contributed by atoms with Crippen molar-refractivity contribution < 1.29 is 4.39 Å². The number of pyridine rings is 1. The summed E-state index contributed by atoms with van der Waals surface area (Å²) in [4.78, 5) is 24.6. The summed E-state index contributed by atoms with van der Waals surface area (Å²) < 4.78 is 15.8. The molecule has 4 aromatic heterocycles. The Morgan fingerprint density at radius 1 is 1.18 bits per heavy atom. The maximum absolute atomic E-state index is 13.9. The summed E-state index contributed by atoms with van der Waals surface area (Å²) in [6, 6.07) is 8.06. The van der Waals surface area contributed by atoms with Crippen LogP contribution in [0.3, 0.4) is 0 Å². The molecule has 8 nitrogen and oxygen atoms in total. The highest BCUT2D eigenvalue weighted by Crippen LogP contribution is 2.28. The number of anilines is 1. The van der Waals surface area contributed by atoms with Crippen LogP contribution in [-0.4, -0.2) is 34.5 Å². The predicted octanol–water partition coefficient (Wildman–Crippen LogP) is 3.40. The first-order valence-corrected chi connectivity index (χ1v) is 8.69. The zero-order valence-electron chi connectivity index (χ0n) is 14.8. The van der Waals surface area contributed by atoms with Crippen LogP contribution in [-0.2, 0) is 0 Å². The summed E-state index contributed by atoms with van der Waals surface area (Å²) in [6.45, 7) is 1.97. The topological polar surface area (TPSA) is 97.2 Å². The second-order valence-electron chi connectivity index (χ2n) is 6.34. The minimum absolute atomic E-state index is 0.239. The Kier molecular flexibility index (Phi) is 3.71. The first kappa shape index (κ1) is 16.3. The number of benzene rings is 1. The van der Waals surface area contributed by atoms with Crippen molar-refractivity contribution in [3.63, 3.8) is 0 Å². The fraction of sp³-hybridized carbons (Fsp3) is 0.105. The Balaban J connectivity index is 1.64. The number of hydrogen-bond donors (Lipinski definition) is 2. The molecule has 5 aromatic rings. The number of rotatable bonds is 4. The van der Waals surface area contributed by atoms with Gasteiger partial charge in [0.05, 0.1) is 35.3 Å². The van der Waals surface area contributed by atoms with Crippen molar-refractivity contribution >= 4 is 28.0 Å².